The number of benzene rings is 2. The van der Waals surface area contributed by atoms with Crippen LogP contribution in [-0.4, -0.2) is 9.67 Å². The molecule has 0 unspecified atom stereocenters. The summed E-state index contributed by atoms with van der Waals surface area (Å²) in [5.74, 6) is -0.668. The number of pyridine rings is 1. The van der Waals surface area contributed by atoms with Crippen molar-refractivity contribution in [3.8, 4) is 16.9 Å². The lowest BCUT2D eigenvalue weighted by molar-refractivity contribution is 0.459. The van der Waals surface area contributed by atoms with Gasteiger partial charge < -0.3 is 9.67 Å². The van der Waals surface area contributed by atoms with Crippen LogP contribution in [0.3, 0.4) is 0 Å². The van der Waals surface area contributed by atoms with Crippen molar-refractivity contribution in [3.05, 3.63) is 87.6 Å². The van der Waals surface area contributed by atoms with Crippen molar-refractivity contribution in [3.63, 3.8) is 0 Å². The van der Waals surface area contributed by atoms with E-state index in [1.54, 1.807) is 30.5 Å². The monoisotopic (exact) mass is 329 g/mol. The summed E-state index contributed by atoms with van der Waals surface area (Å²) in [7, 11) is 0. The third-order valence-electron chi connectivity index (χ3n) is 3.51. The fraction of sp³-hybridized carbons (Fsp3) is 0.0556. The number of aromatic nitrogens is 1. The molecule has 0 aliphatic carbocycles. The van der Waals surface area contributed by atoms with Gasteiger partial charge in [-0.1, -0.05) is 35.9 Å². The third kappa shape index (κ3) is 3.43. The van der Waals surface area contributed by atoms with Gasteiger partial charge in [0.15, 0.2) is 5.75 Å². The predicted molar refractivity (Wildman–Crippen MR) is 88.3 cm³/mol. The summed E-state index contributed by atoms with van der Waals surface area (Å²) in [4.78, 5) is 12.1. The fourth-order valence-electron chi connectivity index (χ4n) is 2.32. The van der Waals surface area contributed by atoms with Crippen LogP contribution in [0.1, 0.15) is 5.56 Å². The molecule has 5 heteroatoms. The van der Waals surface area contributed by atoms with Crippen molar-refractivity contribution in [2.45, 2.75) is 6.54 Å². The molecule has 0 spiro atoms. The molecule has 0 atom stereocenters. The molecular weight excluding hydrogens is 317 g/mol. The van der Waals surface area contributed by atoms with Gasteiger partial charge in [-0.05, 0) is 41.5 Å². The van der Waals surface area contributed by atoms with Gasteiger partial charge in [-0.3, -0.25) is 4.79 Å². The lowest BCUT2D eigenvalue weighted by atomic mass is 10.1. The van der Waals surface area contributed by atoms with Gasteiger partial charge in [0.1, 0.15) is 5.82 Å². The smallest absolute Gasteiger partial charge is 0.292 e. The van der Waals surface area contributed by atoms with Crippen molar-refractivity contribution in [2.75, 3.05) is 0 Å². The zero-order valence-corrected chi connectivity index (χ0v) is 12.8. The summed E-state index contributed by atoms with van der Waals surface area (Å²) < 4.78 is 14.4. The fourth-order valence-corrected chi connectivity index (χ4v) is 2.45. The lowest BCUT2D eigenvalue weighted by Gasteiger charge is -2.10. The molecule has 1 aromatic heterocycles. The first kappa shape index (κ1) is 15.3. The number of rotatable bonds is 3. The third-order valence-corrected chi connectivity index (χ3v) is 3.76. The second kappa shape index (κ2) is 6.26. The van der Waals surface area contributed by atoms with Crippen LogP contribution in [0.2, 0.25) is 5.02 Å². The highest BCUT2D eigenvalue weighted by Crippen LogP contribution is 2.23. The van der Waals surface area contributed by atoms with Gasteiger partial charge in [0.2, 0.25) is 0 Å². The molecule has 2 aromatic carbocycles. The van der Waals surface area contributed by atoms with E-state index in [0.717, 1.165) is 11.1 Å². The second-order valence-corrected chi connectivity index (χ2v) is 5.62. The SMILES string of the molecule is O=c1c(O)cc(-c2ccc(Cl)cc2)cn1Cc1ccc(F)cc1. The minimum absolute atomic E-state index is 0.244. The molecule has 0 saturated heterocycles. The average molecular weight is 330 g/mol. The molecule has 3 aromatic rings. The highest BCUT2D eigenvalue weighted by atomic mass is 35.5. The molecule has 0 aliphatic heterocycles. The Labute approximate surface area is 137 Å². The largest absolute Gasteiger partial charge is 0.503 e. The zero-order valence-electron chi connectivity index (χ0n) is 12.0. The molecule has 0 saturated carbocycles. The van der Waals surface area contributed by atoms with Crippen LogP contribution in [-0.2, 0) is 6.54 Å². The van der Waals surface area contributed by atoms with Crippen LogP contribution in [0.25, 0.3) is 11.1 Å². The van der Waals surface area contributed by atoms with Gasteiger partial charge in [0, 0.05) is 16.8 Å². The molecule has 0 radical (unpaired) electrons. The zero-order chi connectivity index (χ0) is 16.4. The molecule has 116 valence electrons. The van der Waals surface area contributed by atoms with Crippen molar-refractivity contribution >= 4 is 11.6 Å². The van der Waals surface area contributed by atoms with E-state index >= 15 is 0 Å². The van der Waals surface area contributed by atoms with Gasteiger partial charge >= 0.3 is 0 Å². The molecule has 0 fully saturated rings. The average Bonchev–Trinajstić information content (AvgIpc) is 2.54. The van der Waals surface area contributed by atoms with E-state index in [1.165, 1.54) is 22.8 Å². The van der Waals surface area contributed by atoms with Gasteiger partial charge in [0.05, 0.1) is 6.54 Å². The Morgan fingerprint density at radius 1 is 1.00 bits per heavy atom. The number of nitrogens with zero attached hydrogens (tertiary/aromatic N) is 1. The molecule has 0 aliphatic rings. The molecule has 1 heterocycles. The summed E-state index contributed by atoms with van der Waals surface area (Å²) in [5.41, 5.74) is 1.80. The summed E-state index contributed by atoms with van der Waals surface area (Å²) in [6.45, 7) is 0.244. The quantitative estimate of drug-likeness (QED) is 0.787. The van der Waals surface area contributed by atoms with Crippen molar-refractivity contribution < 1.29 is 9.50 Å². The predicted octanol–water partition coefficient (Wildman–Crippen LogP) is 4.06. The van der Waals surface area contributed by atoms with E-state index in [-0.39, 0.29) is 18.1 Å². The van der Waals surface area contributed by atoms with E-state index in [9.17, 15) is 14.3 Å². The van der Waals surface area contributed by atoms with Crippen LogP contribution in [0, 0.1) is 5.82 Å². The number of halogens is 2. The van der Waals surface area contributed by atoms with E-state index in [2.05, 4.69) is 0 Å². The van der Waals surface area contributed by atoms with Gasteiger partial charge in [-0.2, -0.15) is 0 Å². The molecular formula is C18H13ClFNO2. The summed E-state index contributed by atoms with van der Waals surface area (Å²) in [5, 5.41) is 10.5. The van der Waals surface area contributed by atoms with Crippen molar-refractivity contribution in [1.29, 1.82) is 0 Å². The van der Waals surface area contributed by atoms with Crippen LogP contribution in [0.5, 0.6) is 5.75 Å². The first-order valence-electron chi connectivity index (χ1n) is 6.97. The summed E-state index contributed by atoms with van der Waals surface area (Å²) in [6, 6.07) is 14.4. The normalized spacial score (nSPS) is 10.7. The molecule has 23 heavy (non-hydrogen) atoms. The topological polar surface area (TPSA) is 42.2 Å². The van der Waals surface area contributed by atoms with Crippen molar-refractivity contribution in [2.24, 2.45) is 0 Å². The van der Waals surface area contributed by atoms with E-state index in [0.29, 0.717) is 10.6 Å². The maximum absolute atomic E-state index is 13.0. The summed E-state index contributed by atoms with van der Waals surface area (Å²) >= 11 is 5.87. The highest BCUT2D eigenvalue weighted by Gasteiger charge is 2.08. The standard InChI is InChI=1S/C18H13ClFNO2/c19-15-5-3-13(4-6-15)14-9-17(22)18(23)21(11-14)10-12-1-7-16(20)8-2-12/h1-9,11,22H,10H2. The van der Waals surface area contributed by atoms with Gasteiger partial charge in [0.25, 0.3) is 5.56 Å². The maximum Gasteiger partial charge on any atom is 0.292 e. The van der Waals surface area contributed by atoms with Crippen LogP contribution < -0.4 is 5.56 Å². The lowest BCUT2D eigenvalue weighted by Crippen LogP contribution is -2.19. The first-order valence-corrected chi connectivity index (χ1v) is 7.34. The minimum Gasteiger partial charge on any atom is -0.503 e. The van der Waals surface area contributed by atoms with Crippen LogP contribution >= 0.6 is 11.6 Å². The summed E-state index contributed by atoms with van der Waals surface area (Å²) in [6.07, 6.45) is 1.66. The molecule has 1 N–H and O–H groups in total. The highest BCUT2D eigenvalue weighted by molar-refractivity contribution is 6.30. The van der Waals surface area contributed by atoms with Crippen LogP contribution in [0.4, 0.5) is 4.39 Å². The van der Waals surface area contributed by atoms with Crippen LogP contribution in [0.15, 0.2) is 65.6 Å². The Morgan fingerprint density at radius 2 is 1.65 bits per heavy atom. The molecule has 0 bridgehead atoms. The second-order valence-electron chi connectivity index (χ2n) is 5.18. The Morgan fingerprint density at radius 3 is 2.30 bits per heavy atom. The van der Waals surface area contributed by atoms with E-state index in [1.807, 2.05) is 12.1 Å². The molecule has 3 rings (SSSR count). The molecule has 3 nitrogen and oxygen atoms in total. The Hall–Kier alpha value is -2.59. The van der Waals surface area contributed by atoms with Gasteiger partial charge in [-0.25, -0.2) is 4.39 Å². The van der Waals surface area contributed by atoms with E-state index in [4.69, 9.17) is 11.6 Å². The Balaban J connectivity index is 2.01. The number of hydrogen-bond acceptors (Lipinski definition) is 2. The number of aromatic hydroxyl groups is 1. The Kier molecular flexibility index (Phi) is 4.17. The molecule has 0 amide bonds. The van der Waals surface area contributed by atoms with Crippen molar-refractivity contribution in [1.82, 2.24) is 4.57 Å². The van der Waals surface area contributed by atoms with Gasteiger partial charge in [-0.15, -0.1) is 0 Å². The van der Waals surface area contributed by atoms with E-state index < -0.39 is 5.56 Å². The minimum atomic E-state index is -0.493. The first-order chi connectivity index (χ1) is 11.0. The number of hydrogen-bond donors (Lipinski definition) is 1. The Bertz CT molecular complexity index is 886. The maximum atomic E-state index is 13.0.